The minimum Gasteiger partial charge on any atom is -0.506 e. The number of halogens is 1. The van der Waals surface area contributed by atoms with Gasteiger partial charge in [0.1, 0.15) is 27.7 Å². The minimum absolute atomic E-state index is 0.00512. The van der Waals surface area contributed by atoms with E-state index in [9.17, 15) is 36.2 Å². The third-order valence-electron chi connectivity index (χ3n) is 8.67. The van der Waals surface area contributed by atoms with Crippen molar-refractivity contribution in [2.45, 2.75) is 19.6 Å². The van der Waals surface area contributed by atoms with Crippen LogP contribution in [0.15, 0.2) is 147 Å². The summed E-state index contributed by atoms with van der Waals surface area (Å²) in [5.41, 5.74) is 5.67. The third-order valence-corrected chi connectivity index (χ3v) is 12.0. The standard InChI is InChI=1S/C36H24ClN7O14S4/c37-25-15-30(43-39-19-4-6-21-17(10-19)2-1-3-32(21)59-57-55-47)31(45)16-29(25)42-40-27-8-9-28(24-13-20(61(49,50)51)5-7-22(24)27)41-44-35-33(60-58-56-48)11-18-12-34(62(52,53)54)26(38)14-23(18)36(35)46/h1-16,45-48H,38H2,(H,49,50,51)(H,52,53,54)/b42-40+,43-39+,44-41+. The second-order valence-electron chi connectivity index (χ2n) is 12.5. The van der Waals surface area contributed by atoms with Crippen molar-refractivity contribution in [3.63, 3.8) is 0 Å². The van der Waals surface area contributed by atoms with Gasteiger partial charge in [-0.15, -0.1) is 34.2 Å². The quantitative estimate of drug-likeness (QED) is 0.0133. The predicted molar refractivity (Wildman–Crippen MR) is 225 cm³/mol. The molecule has 0 spiro atoms. The summed E-state index contributed by atoms with van der Waals surface area (Å²) in [4.78, 5) is -0.602. The zero-order chi connectivity index (χ0) is 44.3. The first-order valence-electron chi connectivity index (χ1n) is 16.8. The summed E-state index contributed by atoms with van der Waals surface area (Å²) in [7, 11) is -9.51. The molecule has 0 unspecified atom stereocenters. The number of phenolic OH excluding ortho intramolecular Hbond substituents is 2. The lowest BCUT2D eigenvalue weighted by atomic mass is 10.1. The van der Waals surface area contributed by atoms with Crippen LogP contribution in [0.25, 0.3) is 32.3 Å². The molecule has 0 aliphatic heterocycles. The van der Waals surface area contributed by atoms with Gasteiger partial charge in [0, 0.05) is 27.1 Å². The molecule has 0 amide bonds. The number of nitrogen functional groups attached to an aromatic ring is 1. The van der Waals surface area contributed by atoms with Crippen LogP contribution in [0.3, 0.4) is 0 Å². The number of hydrogen-bond donors (Lipinski definition) is 7. The fourth-order valence-electron chi connectivity index (χ4n) is 5.91. The fraction of sp³-hybridized carbons (Fsp3) is 0. The molecule has 62 heavy (non-hydrogen) atoms. The van der Waals surface area contributed by atoms with Crippen LogP contribution in [0.4, 0.5) is 39.8 Å². The number of benzene rings is 7. The monoisotopic (exact) mass is 941 g/mol. The lowest BCUT2D eigenvalue weighted by Gasteiger charge is -2.12. The predicted octanol–water partition coefficient (Wildman–Crippen LogP) is 11.4. The van der Waals surface area contributed by atoms with Gasteiger partial charge < -0.3 is 15.9 Å². The lowest BCUT2D eigenvalue weighted by Crippen LogP contribution is -2.03. The molecule has 0 saturated heterocycles. The minimum atomic E-state index is -4.77. The van der Waals surface area contributed by atoms with Crippen LogP contribution in [-0.4, -0.2) is 46.7 Å². The largest absolute Gasteiger partial charge is 0.506 e. The van der Waals surface area contributed by atoms with Crippen molar-refractivity contribution in [2.24, 2.45) is 30.7 Å². The number of nitrogens with zero attached hydrogens (tertiary/aromatic N) is 6. The van der Waals surface area contributed by atoms with Crippen molar-refractivity contribution in [3.05, 3.63) is 102 Å². The van der Waals surface area contributed by atoms with Gasteiger partial charge in [0.25, 0.3) is 20.2 Å². The van der Waals surface area contributed by atoms with Crippen LogP contribution in [0.1, 0.15) is 0 Å². The second kappa shape index (κ2) is 18.2. The highest BCUT2D eigenvalue weighted by Crippen LogP contribution is 2.47. The Morgan fingerprint density at radius 3 is 1.95 bits per heavy atom. The van der Waals surface area contributed by atoms with Crippen molar-refractivity contribution in [1.82, 2.24) is 0 Å². The molecule has 0 radical (unpaired) electrons. The summed E-state index contributed by atoms with van der Waals surface area (Å²) in [5, 5.41) is 73.6. The zero-order valence-corrected chi connectivity index (χ0v) is 34.5. The molecule has 8 N–H and O–H groups in total. The first-order valence-corrected chi connectivity index (χ1v) is 21.5. The van der Waals surface area contributed by atoms with Crippen LogP contribution in [-0.2, 0) is 39.0 Å². The number of hydrogen-bond acceptors (Lipinski definition) is 21. The van der Waals surface area contributed by atoms with Gasteiger partial charge in [0.05, 0.1) is 61.6 Å². The van der Waals surface area contributed by atoms with Crippen molar-refractivity contribution in [2.75, 3.05) is 5.73 Å². The van der Waals surface area contributed by atoms with E-state index in [1.165, 1.54) is 36.4 Å². The van der Waals surface area contributed by atoms with Crippen LogP contribution < -0.4 is 5.73 Å². The van der Waals surface area contributed by atoms with Gasteiger partial charge in [-0.1, -0.05) is 45.9 Å². The Kier molecular flexibility index (Phi) is 13.0. The average molecular weight is 942 g/mol. The number of rotatable bonds is 14. The van der Waals surface area contributed by atoms with E-state index in [1.807, 2.05) is 6.07 Å². The van der Waals surface area contributed by atoms with E-state index >= 15 is 0 Å². The number of nitrogens with two attached hydrogens (primary N) is 1. The van der Waals surface area contributed by atoms with E-state index in [-0.39, 0.29) is 65.6 Å². The number of aromatic hydroxyl groups is 2. The number of anilines is 1. The maximum absolute atomic E-state index is 12.2. The molecule has 318 valence electrons. The topological polar surface area (TPSA) is 327 Å². The van der Waals surface area contributed by atoms with Crippen molar-refractivity contribution in [3.8, 4) is 11.5 Å². The summed E-state index contributed by atoms with van der Waals surface area (Å²) in [6, 6.07) is 22.6. The molecule has 0 saturated carbocycles. The Morgan fingerprint density at radius 2 is 1.24 bits per heavy atom. The molecular weight excluding hydrogens is 918 g/mol. The molecule has 7 aromatic carbocycles. The lowest BCUT2D eigenvalue weighted by molar-refractivity contribution is -0.432. The Labute approximate surface area is 361 Å². The summed E-state index contributed by atoms with van der Waals surface area (Å²) in [6.45, 7) is 0. The number of fused-ring (bicyclic) bond motifs is 3. The van der Waals surface area contributed by atoms with E-state index in [2.05, 4.69) is 49.4 Å². The molecule has 0 bridgehead atoms. The number of phenols is 2. The third kappa shape index (κ3) is 9.59. The van der Waals surface area contributed by atoms with Gasteiger partial charge in [0.15, 0.2) is 5.75 Å². The summed E-state index contributed by atoms with van der Waals surface area (Å²) >= 11 is 7.64. The molecule has 0 aromatic heterocycles. The van der Waals surface area contributed by atoms with Gasteiger partial charge in [-0.3, -0.25) is 9.11 Å². The van der Waals surface area contributed by atoms with E-state index in [0.717, 1.165) is 47.1 Å². The number of azo groups is 3. The Balaban J connectivity index is 1.22. The first-order chi connectivity index (χ1) is 29.5. The highest BCUT2D eigenvalue weighted by molar-refractivity contribution is 7.95. The summed E-state index contributed by atoms with van der Waals surface area (Å²) < 4.78 is 76.5. The molecule has 7 rings (SSSR count). The maximum Gasteiger partial charge on any atom is 0.296 e. The van der Waals surface area contributed by atoms with Crippen LogP contribution in [0.2, 0.25) is 5.02 Å². The Hall–Kier alpha value is -5.91. The molecule has 0 atom stereocenters. The molecule has 0 fully saturated rings. The van der Waals surface area contributed by atoms with E-state index < -0.39 is 41.5 Å². The average Bonchev–Trinajstić information content (AvgIpc) is 3.23. The van der Waals surface area contributed by atoms with E-state index in [0.29, 0.717) is 22.6 Å². The van der Waals surface area contributed by atoms with Gasteiger partial charge in [-0.25, -0.2) is 10.5 Å². The fourth-order valence-corrected chi connectivity index (χ4v) is 8.25. The SMILES string of the molecule is Nc1cc2c(O)c(/N=N/c3ccc(/N=N/c4cc(O)c(/N=N/c5ccc6c(SOOO)cccc6c5)cc4Cl)c4ccc(S(=O)(=O)O)cc34)c(SOOO)cc2cc1S(=O)(=O)O. The van der Waals surface area contributed by atoms with E-state index in [1.54, 1.807) is 30.3 Å². The molecule has 0 aliphatic carbocycles. The molecule has 0 heterocycles. The highest BCUT2D eigenvalue weighted by Gasteiger charge is 2.21. The van der Waals surface area contributed by atoms with Gasteiger partial charge in [-0.05, 0) is 82.9 Å². The molecule has 21 nitrogen and oxygen atoms in total. The Morgan fingerprint density at radius 1 is 0.581 bits per heavy atom. The van der Waals surface area contributed by atoms with Crippen LogP contribution >= 0.6 is 35.7 Å². The smallest absolute Gasteiger partial charge is 0.296 e. The molecular formula is C36H24ClN7O14S4. The van der Waals surface area contributed by atoms with Crippen molar-refractivity contribution in [1.29, 1.82) is 0 Å². The summed E-state index contributed by atoms with van der Waals surface area (Å²) in [6.07, 6.45) is 0. The van der Waals surface area contributed by atoms with Gasteiger partial charge in [0.2, 0.25) is 0 Å². The van der Waals surface area contributed by atoms with Crippen molar-refractivity contribution >= 4 is 128 Å². The van der Waals surface area contributed by atoms with Crippen LogP contribution in [0.5, 0.6) is 11.5 Å². The Bertz CT molecular complexity index is 3250. The molecule has 26 heteroatoms. The normalized spacial score (nSPS) is 12.6. The van der Waals surface area contributed by atoms with E-state index in [4.69, 9.17) is 27.8 Å². The maximum atomic E-state index is 12.2. The molecule has 7 aromatic rings. The molecule has 0 aliphatic rings. The second-order valence-corrected chi connectivity index (χ2v) is 17.2. The highest BCUT2D eigenvalue weighted by atomic mass is 35.5. The van der Waals surface area contributed by atoms with Gasteiger partial charge in [-0.2, -0.15) is 21.9 Å². The van der Waals surface area contributed by atoms with Gasteiger partial charge >= 0.3 is 0 Å². The summed E-state index contributed by atoms with van der Waals surface area (Å²) in [5.74, 6) is -0.951. The van der Waals surface area contributed by atoms with Crippen LogP contribution in [0, 0.1) is 0 Å². The van der Waals surface area contributed by atoms with Crippen molar-refractivity contribution < 1.29 is 65.4 Å². The zero-order valence-electron chi connectivity index (χ0n) is 30.5. The first kappa shape index (κ1) is 44.2.